The van der Waals surface area contributed by atoms with Gasteiger partial charge in [0.25, 0.3) is 0 Å². The highest BCUT2D eigenvalue weighted by molar-refractivity contribution is 5.87. The maximum absolute atomic E-state index is 14.3. The SMILES string of the molecule is CO[C@]1(C)C[C@@H](C)CN(C)[C@@H](C2CCN(C[C@@H](N)CO)CC2)CO[C@@H](O)C(C)(C)C(=O)[C@H](C)[C@H]1O[C@@H]1O[C@H](C)C[C@H](N(C)C)[C@H]1O. The molecule has 11 atom stereocenters. The van der Waals surface area contributed by atoms with Crippen LogP contribution in [-0.2, 0) is 23.7 Å². The maximum Gasteiger partial charge on any atom is 0.185 e. The van der Waals surface area contributed by atoms with E-state index >= 15 is 0 Å². The van der Waals surface area contributed by atoms with Crippen LogP contribution in [0.4, 0.5) is 0 Å². The van der Waals surface area contributed by atoms with Gasteiger partial charge < -0.3 is 54.7 Å². The third-order valence-electron chi connectivity index (χ3n) is 11.0. The van der Waals surface area contributed by atoms with Gasteiger partial charge in [-0.25, -0.2) is 0 Å². The van der Waals surface area contributed by atoms with Crippen LogP contribution < -0.4 is 5.73 Å². The molecule has 12 nitrogen and oxygen atoms in total. The molecule has 0 aromatic carbocycles. The Morgan fingerprint density at radius 3 is 2.33 bits per heavy atom. The number of Topliss-reactive ketones (excluding diaryl/α,β-unsaturated/α-hetero) is 1. The fraction of sp³-hybridized carbons (Fsp3) is 0.971. The van der Waals surface area contributed by atoms with Gasteiger partial charge in [-0.3, -0.25) is 4.79 Å². The molecule has 0 bridgehead atoms. The molecule has 3 fully saturated rings. The van der Waals surface area contributed by atoms with E-state index in [1.165, 1.54) is 0 Å². The third-order valence-corrected chi connectivity index (χ3v) is 11.0. The summed E-state index contributed by atoms with van der Waals surface area (Å²) < 4.78 is 25.3. The Labute approximate surface area is 277 Å². The van der Waals surface area contributed by atoms with Crippen molar-refractivity contribution in [3.63, 3.8) is 0 Å². The van der Waals surface area contributed by atoms with Gasteiger partial charge in [0.1, 0.15) is 11.9 Å². The molecule has 0 aromatic rings. The number of rotatable bonds is 8. The van der Waals surface area contributed by atoms with E-state index in [1.807, 2.05) is 39.8 Å². The van der Waals surface area contributed by atoms with Gasteiger partial charge in [-0.15, -0.1) is 0 Å². The van der Waals surface area contributed by atoms with Gasteiger partial charge in [-0.1, -0.05) is 13.8 Å². The van der Waals surface area contributed by atoms with Crippen LogP contribution in [0.25, 0.3) is 0 Å². The Hall–Kier alpha value is -0.770. The van der Waals surface area contributed by atoms with Gasteiger partial charge in [0.2, 0.25) is 0 Å². The predicted molar refractivity (Wildman–Crippen MR) is 177 cm³/mol. The molecule has 3 saturated heterocycles. The van der Waals surface area contributed by atoms with E-state index in [2.05, 4.69) is 23.8 Å². The minimum Gasteiger partial charge on any atom is -0.395 e. The average Bonchev–Trinajstić information content (AvgIpc) is 3.00. The van der Waals surface area contributed by atoms with Crippen LogP contribution in [0.3, 0.4) is 0 Å². The van der Waals surface area contributed by atoms with Crippen molar-refractivity contribution in [3.8, 4) is 0 Å². The van der Waals surface area contributed by atoms with E-state index in [0.29, 0.717) is 31.9 Å². The van der Waals surface area contributed by atoms with Crippen molar-refractivity contribution in [1.29, 1.82) is 0 Å². The molecule has 0 amide bonds. The molecule has 0 aliphatic carbocycles. The topological polar surface area (TPSA) is 150 Å². The van der Waals surface area contributed by atoms with Crippen molar-refractivity contribution in [1.82, 2.24) is 14.7 Å². The number of ether oxygens (including phenoxy) is 4. The van der Waals surface area contributed by atoms with Crippen LogP contribution in [0.1, 0.15) is 67.2 Å². The number of aliphatic hydroxyl groups excluding tert-OH is 3. The van der Waals surface area contributed by atoms with Gasteiger partial charge in [-0.05, 0) is 99.4 Å². The lowest BCUT2D eigenvalue weighted by atomic mass is 9.74. The van der Waals surface area contributed by atoms with Crippen molar-refractivity contribution in [2.45, 2.75) is 122 Å². The van der Waals surface area contributed by atoms with Gasteiger partial charge in [0, 0.05) is 44.2 Å². The van der Waals surface area contributed by atoms with Crippen LogP contribution in [0, 0.1) is 23.2 Å². The monoisotopic (exact) mass is 658 g/mol. The number of carbonyl (C=O) groups excluding carboxylic acids is 1. The van der Waals surface area contributed by atoms with Gasteiger partial charge in [0.15, 0.2) is 12.6 Å². The molecule has 0 saturated carbocycles. The summed E-state index contributed by atoms with van der Waals surface area (Å²) in [7, 11) is 7.61. The zero-order valence-corrected chi connectivity index (χ0v) is 30.2. The fourth-order valence-electron chi connectivity index (χ4n) is 8.07. The van der Waals surface area contributed by atoms with Gasteiger partial charge >= 0.3 is 0 Å². The highest BCUT2D eigenvalue weighted by Crippen LogP contribution is 2.39. The average molecular weight is 659 g/mol. The molecule has 0 aromatic heterocycles. The summed E-state index contributed by atoms with van der Waals surface area (Å²) in [6, 6.07) is -0.386. The van der Waals surface area contributed by atoms with Crippen molar-refractivity contribution in [3.05, 3.63) is 0 Å². The second-order valence-corrected chi connectivity index (χ2v) is 15.6. The van der Waals surface area contributed by atoms with Crippen molar-refractivity contribution in [2.24, 2.45) is 28.9 Å². The Morgan fingerprint density at radius 2 is 1.76 bits per heavy atom. The first-order chi connectivity index (χ1) is 21.4. The lowest BCUT2D eigenvalue weighted by Gasteiger charge is -2.47. The molecular formula is C34H66N4O8. The Balaban J connectivity index is 1.91. The second kappa shape index (κ2) is 16.8. The first-order valence-electron chi connectivity index (χ1n) is 17.3. The third kappa shape index (κ3) is 9.47. The number of nitrogens with zero attached hydrogens (tertiary/aromatic N) is 3. The van der Waals surface area contributed by atoms with Crippen LogP contribution in [-0.4, -0.2) is 158 Å². The molecule has 3 aliphatic heterocycles. The van der Waals surface area contributed by atoms with Crippen LogP contribution in [0.5, 0.6) is 0 Å². The number of methoxy groups -OCH3 is 1. The van der Waals surface area contributed by atoms with E-state index < -0.39 is 41.7 Å². The van der Waals surface area contributed by atoms with Crippen LogP contribution >= 0.6 is 0 Å². The molecule has 0 radical (unpaired) electrons. The van der Waals surface area contributed by atoms with Gasteiger partial charge in [0.05, 0.1) is 36.4 Å². The number of ketones is 1. The summed E-state index contributed by atoms with van der Waals surface area (Å²) in [5.41, 5.74) is 3.85. The minimum absolute atomic E-state index is 0.0295. The molecule has 270 valence electrons. The van der Waals surface area contributed by atoms with Gasteiger partial charge in [-0.2, -0.15) is 0 Å². The fourth-order valence-corrected chi connectivity index (χ4v) is 8.07. The molecule has 12 heteroatoms. The number of piperidine rings is 1. The summed E-state index contributed by atoms with van der Waals surface area (Å²) in [6.45, 7) is 14.8. The minimum atomic E-state index is -1.33. The molecule has 0 unspecified atom stereocenters. The summed E-state index contributed by atoms with van der Waals surface area (Å²) in [5.74, 6) is -0.436. The molecular weight excluding hydrogens is 592 g/mol. The van der Waals surface area contributed by atoms with Crippen LogP contribution in [0.2, 0.25) is 0 Å². The molecule has 46 heavy (non-hydrogen) atoms. The van der Waals surface area contributed by atoms with Crippen molar-refractivity contribution >= 4 is 5.78 Å². The molecule has 5 N–H and O–H groups in total. The van der Waals surface area contributed by atoms with E-state index in [9.17, 15) is 20.1 Å². The van der Waals surface area contributed by atoms with E-state index in [1.54, 1.807) is 21.0 Å². The standard InChI is InChI=1S/C34H66N4O8/c1-21-16-34(6,43-10)30(46-31-28(40)26(36(7)8)15-22(2)45-31)23(3)29(41)33(4,5)32(42)44-20-27(37(9)17-21)24-11-13-38(14-12-24)18-25(35)19-39/h21-28,30-32,39-40,42H,11-20,35H2,1-10H3/t21-,22-,23+,25-,26+,27-,28-,30-,31+,32-,34-/m1/s1. The Morgan fingerprint density at radius 1 is 1.13 bits per heavy atom. The second-order valence-electron chi connectivity index (χ2n) is 15.6. The number of aliphatic hydroxyl groups is 3. The van der Waals surface area contributed by atoms with E-state index in [0.717, 1.165) is 32.5 Å². The van der Waals surface area contributed by atoms with Crippen LogP contribution in [0.15, 0.2) is 0 Å². The van der Waals surface area contributed by atoms with Crippen molar-refractivity contribution in [2.75, 3.05) is 67.6 Å². The molecule has 3 aliphatic rings. The lowest BCUT2D eigenvalue weighted by Crippen LogP contribution is -2.59. The smallest absolute Gasteiger partial charge is 0.185 e. The molecule has 0 spiro atoms. The summed E-state index contributed by atoms with van der Waals surface area (Å²) in [5, 5.41) is 32.2. The summed E-state index contributed by atoms with van der Waals surface area (Å²) >= 11 is 0. The maximum atomic E-state index is 14.3. The van der Waals surface area contributed by atoms with E-state index in [-0.39, 0.29) is 42.5 Å². The Kier molecular flexibility index (Phi) is 14.5. The Bertz CT molecular complexity index is 950. The predicted octanol–water partition coefficient (Wildman–Crippen LogP) is 1.14. The quantitative estimate of drug-likeness (QED) is 0.296. The number of hydrogen-bond acceptors (Lipinski definition) is 12. The number of likely N-dealkylation sites (tertiary alicyclic amines) is 1. The zero-order chi connectivity index (χ0) is 34.6. The first kappa shape index (κ1) is 39.7. The zero-order valence-electron chi connectivity index (χ0n) is 30.2. The van der Waals surface area contributed by atoms with E-state index in [4.69, 9.17) is 24.7 Å². The molecule has 3 rings (SSSR count). The number of likely N-dealkylation sites (N-methyl/N-ethyl adjacent to an activating group) is 2. The van der Waals surface area contributed by atoms with Crippen molar-refractivity contribution < 1.29 is 39.1 Å². The number of carbonyl (C=O) groups is 1. The molecule has 3 heterocycles. The number of hydrogen-bond donors (Lipinski definition) is 4. The largest absolute Gasteiger partial charge is 0.395 e. The highest BCUT2D eigenvalue weighted by atomic mass is 16.7. The summed E-state index contributed by atoms with van der Waals surface area (Å²) in [4.78, 5) is 20.9. The normalized spacial score (nSPS) is 40.7. The highest BCUT2D eigenvalue weighted by Gasteiger charge is 2.51. The lowest BCUT2D eigenvalue weighted by molar-refractivity contribution is -0.296. The number of nitrogens with two attached hydrogens (primary N) is 1. The summed E-state index contributed by atoms with van der Waals surface area (Å²) in [6.07, 6.45) is -0.979. The first-order valence-corrected chi connectivity index (χ1v) is 17.3.